The third kappa shape index (κ3) is 3.55. The number of carboxylic acid groups (broad SMARTS) is 1. The fourth-order valence-electron chi connectivity index (χ4n) is 1.16. The lowest BCUT2D eigenvalue weighted by atomic mass is 10.1. The number of aryl methyl sites for hydroxylation is 1. The first-order valence-corrected chi connectivity index (χ1v) is 5.41. The molecule has 15 heavy (non-hydrogen) atoms. The summed E-state index contributed by atoms with van der Waals surface area (Å²) >= 11 is 0. The molecule has 4 nitrogen and oxygen atoms in total. The van der Waals surface area contributed by atoms with Crippen molar-refractivity contribution in [1.29, 1.82) is 0 Å². The molecule has 1 aromatic rings. The van der Waals surface area contributed by atoms with Crippen LogP contribution in [0.5, 0.6) is 0 Å². The minimum atomic E-state index is -2.64. The van der Waals surface area contributed by atoms with E-state index < -0.39 is 21.1 Å². The first kappa shape index (κ1) is 11.5. The minimum Gasteiger partial charge on any atom is -0.477 e. The maximum atomic E-state index is 10.5. The molecule has 0 aliphatic heterocycles. The van der Waals surface area contributed by atoms with Crippen LogP contribution in [0.15, 0.2) is 30.3 Å². The Balaban J connectivity index is 2.73. The van der Waals surface area contributed by atoms with Crippen molar-refractivity contribution in [2.24, 2.45) is 0 Å². The number of benzene rings is 1. The second kappa shape index (κ2) is 5.31. The Hall–Kier alpha value is -1.62. The van der Waals surface area contributed by atoms with Gasteiger partial charge in [-0.25, -0.2) is 4.79 Å². The standard InChI is InChI=1S/C10H10O4S/c11-10(12)9(15(13)14)7-6-8-4-2-1-3-5-8/h1-5H,6-7H2,(H,11,12). The molecule has 5 heteroatoms. The van der Waals surface area contributed by atoms with Crippen LogP contribution in [0.25, 0.3) is 0 Å². The van der Waals surface area contributed by atoms with Crippen LogP contribution >= 0.6 is 0 Å². The summed E-state index contributed by atoms with van der Waals surface area (Å²) in [5, 5.41) is 8.59. The summed E-state index contributed by atoms with van der Waals surface area (Å²) < 4.78 is 21.1. The normalized spacial score (nSPS) is 9.60. The number of rotatable bonds is 4. The Kier molecular flexibility index (Phi) is 4.05. The van der Waals surface area contributed by atoms with Crippen molar-refractivity contribution in [3.05, 3.63) is 35.9 Å². The molecular formula is C10H10O4S. The van der Waals surface area contributed by atoms with Crippen LogP contribution in [0.2, 0.25) is 0 Å². The van der Waals surface area contributed by atoms with Gasteiger partial charge in [0.25, 0.3) is 0 Å². The largest absolute Gasteiger partial charge is 0.477 e. The molecule has 80 valence electrons. The molecule has 0 fully saturated rings. The molecule has 1 N–H and O–H groups in total. The zero-order chi connectivity index (χ0) is 11.3. The fraction of sp³-hybridized carbons (Fsp3) is 0.200. The molecule has 0 amide bonds. The van der Waals surface area contributed by atoms with Crippen molar-refractivity contribution in [2.75, 3.05) is 0 Å². The third-order valence-electron chi connectivity index (χ3n) is 1.92. The zero-order valence-electron chi connectivity index (χ0n) is 7.88. The van der Waals surface area contributed by atoms with Gasteiger partial charge in [-0.1, -0.05) is 30.3 Å². The molecule has 0 aliphatic rings. The number of aliphatic carboxylic acids is 1. The van der Waals surface area contributed by atoms with E-state index in [0.717, 1.165) is 5.56 Å². The van der Waals surface area contributed by atoms with Gasteiger partial charge < -0.3 is 5.11 Å². The van der Waals surface area contributed by atoms with Crippen molar-refractivity contribution in [1.82, 2.24) is 0 Å². The minimum absolute atomic E-state index is 0.0233. The van der Waals surface area contributed by atoms with Gasteiger partial charge in [0.05, 0.1) is 0 Å². The lowest BCUT2D eigenvalue weighted by molar-refractivity contribution is -0.129. The van der Waals surface area contributed by atoms with Gasteiger partial charge in [-0.2, -0.15) is 8.42 Å². The third-order valence-corrected chi connectivity index (χ3v) is 2.70. The molecule has 0 aromatic heterocycles. The average molecular weight is 226 g/mol. The number of hydrogen-bond acceptors (Lipinski definition) is 3. The summed E-state index contributed by atoms with van der Waals surface area (Å²) in [6.07, 6.45) is 0.436. The van der Waals surface area contributed by atoms with Gasteiger partial charge >= 0.3 is 5.97 Å². The van der Waals surface area contributed by atoms with E-state index in [2.05, 4.69) is 0 Å². The molecule has 0 unspecified atom stereocenters. The summed E-state index contributed by atoms with van der Waals surface area (Å²) in [6.45, 7) is 0. The van der Waals surface area contributed by atoms with E-state index in [-0.39, 0.29) is 6.42 Å². The van der Waals surface area contributed by atoms with Crippen LogP contribution in [0, 0.1) is 0 Å². The van der Waals surface area contributed by atoms with Crippen molar-refractivity contribution >= 4 is 21.1 Å². The maximum Gasteiger partial charge on any atom is 0.347 e. The second-order valence-electron chi connectivity index (χ2n) is 2.95. The van der Waals surface area contributed by atoms with Crippen LogP contribution in [-0.4, -0.2) is 24.4 Å². The van der Waals surface area contributed by atoms with Crippen LogP contribution in [0.3, 0.4) is 0 Å². The van der Waals surface area contributed by atoms with E-state index in [1.54, 1.807) is 0 Å². The fourth-order valence-corrected chi connectivity index (χ4v) is 1.58. The van der Waals surface area contributed by atoms with Crippen molar-refractivity contribution in [2.45, 2.75) is 12.8 Å². The number of carbonyl (C=O) groups is 1. The molecule has 0 aliphatic carbocycles. The summed E-state index contributed by atoms with van der Waals surface area (Å²) in [4.78, 5) is 10.1. The monoisotopic (exact) mass is 226 g/mol. The SMILES string of the molecule is O=C(O)C(CCc1ccccc1)=S(=O)=O. The lowest BCUT2D eigenvalue weighted by Gasteiger charge is -1.98. The smallest absolute Gasteiger partial charge is 0.347 e. The zero-order valence-corrected chi connectivity index (χ0v) is 8.70. The summed E-state index contributed by atoms with van der Waals surface area (Å²) in [5.74, 6) is -1.38. The van der Waals surface area contributed by atoms with Crippen LogP contribution in [0.1, 0.15) is 12.0 Å². The predicted octanol–water partition coefficient (Wildman–Crippen LogP) is 0.755. The Bertz CT molecular complexity index is 465. The van der Waals surface area contributed by atoms with Crippen molar-refractivity contribution < 1.29 is 18.3 Å². The van der Waals surface area contributed by atoms with Gasteiger partial charge in [-0.15, -0.1) is 0 Å². The molecule has 1 rings (SSSR count). The quantitative estimate of drug-likeness (QED) is 0.769. The molecule has 0 heterocycles. The second-order valence-corrected chi connectivity index (χ2v) is 3.91. The van der Waals surface area contributed by atoms with Gasteiger partial charge in [0.2, 0.25) is 10.3 Å². The van der Waals surface area contributed by atoms with E-state index in [0.29, 0.717) is 6.42 Å². The highest BCUT2D eigenvalue weighted by atomic mass is 32.2. The number of hydrogen-bond donors (Lipinski definition) is 1. The summed E-state index contributed by atoms with van der Waals surface area (Å²) in [5.41, 5.74) is 0.918. The van der Waals surface area contributed by atoms with Gasteiger partial charge in [-0.3, -0.25) is 0 Å². The summed E-state index contributed by atoms with van der Waals surface area (Å²) in [7, 11) is -2.64. The van der Waals surface area contributed by atoms with E-state index in [1.807, 2.05) is 30.3 Å². The lowest BCUT2D eigenvalue weighted by Crippen LogP contribution is -2.14. The van der Waals surface area contributed by atoms with Crippen LogP contribution in [-0.2, 0) is 21.5 Å². The van der Waals surface area contributed by atoms with Gasteiger partial charge in [-0.05, 0) is 18.4 Å². The molecule has 0 radical (unpaired) electrons. The van der Waals surface area contributed by atoms with Crippen LogP contribution in [0.4, 0.5) is 0 Å². The van der Waals surface area contributed by atoms with Gasteiger partial charge in [0, 0.05) is 0 Å². The van der Waals surface area contributed by atoms with Crippen molar-refractivity contribution in [3.63, 3.8) is 0 Å². The Morgan fingerprint density at radius 1 is 1.20 bits per heavy atom. The van der Waals surface area contributed by atoms with Gasteiger partial charge in [0.1, 0.15) is 0 Å². The van der Waals surface area contributed by atoms with E-state index >= 15 is 0 Å². The molecule has 0 saturated carbocycles. The van der Waals surface area contributed by atoms with Crippen LogP contribution < -0.4 is 0 Å². The predicted molar refractivity (Wildman–Crippen MR) is 56.3 cm³/mol. The summed E-state index contributed by atoms with van der Waals surface area (Å²) in [6, 6.07) is 9.14. The molecule has 0 atom stereocenters. The highest BCUT2D eigenvalue weighted by Gasteiger charge is 2.10. The van der Waals surface area contributed by atoms with E-state index in [1.165, 1.54) is 0 Å². The highest BCUT2D eigenvalue weighted by Crippen LogP contribution is 2.03. The van der Waals surface area contributed by atoms with E-state index in [4.69, 9.17) is 5.11 Å². The van der Waals surface area contributed by atoms with E-state index in [9.17, 15) is 13.2 Å². The first-order valence-electron chi connectivity index (χ1n) is 4.33. The Morgan fingerprint density at radius 2 is 1.80 bits per heavy atom. The topological polar surface area (TPSA) is 71.4 Å². The van der Waals surface area contributed by atoms with Gasteiger partial charge in [0.15, 0.2) is 4.86 Å². The maximum absolute atomic E-state index is 10.5. The Morgan fingerprint density at radius 3 is 2.27 bits per heavy atom. The molecule has 0 spiro atoms. The molecule has 1 aromatic carbocycles. The average Bonchev–Trinajstić information content (AvgIpc) is 2.18. The molecule has 0 saturated heterocycles. The first-order chi connectivity index (χ1) is 7.11. The molecular weight excluding hydrogens is 216 g/mol. The Labute approximate surface area is 88.7 Å². The highest BCUT2D eigenvalue weighted by molar-refractivity contribution is 7.74. The van der Waals surface area contributed by atoms with Crippen molar-refractivity contribution in [3.8, 4) is 0 Å². The number of carboxylic acids is 1. The molecule has 0 bridgehead atoms.